The van der Waals surface area contributed by atoms with Crippen LogP contribution in [0.15, 0.2) is 46.9 Å². The summed E-state index contributed by atoms with van der Waals surface area (Å²) in [5, 5.41) is 32.8. The molecule has 0 bridgehead atoms. The van der Waals surface area contributed by atoms with Crippen molar-refractivity contribution in [3.8, 4) is 0 Å². The molecule has 3 N–H and O–H groups in total. The number of nitrogens with two attached hydrogens (primary N) is 1. The molecule has 0 fully saturated rings. The van der Waals surface area contributed by atoms with Gasteiger partial charge in [-0.05, 0) is 6.92 Å². The third-order valence-corrected chi connectivity index (χ3v) is 4.71. The average molecular weight is 511 g/mol. The van der Waals surface area contributed by atoms with Crippen molar-refractivity contribution < 1.29 is 43.8 Å². The third-order valence-electron chi connectivity index (χ3n) is 4.71. The maximum atomic E-state index is 13.0. The number of nitrogens with one attached hydrogen (secondary N) is 1. The number of nitrogens with zero attached hydrogens (tertiary/aromatic N) is 3. The zero-order valence-electron chi connectivity index (χ0n) is 18.7. The Labute approximate surface area is 201 Å². The fourth-order valence-electron chi connectivity index (χ4n) is 3.33. The van der Waals surface area contributed by atoms with Crippen LogP contribution in [0.4, 0.5) is 5.69 Å². The first-order valence-corrected chi connectivity index (χ1v) is 10.1. The summed E-state index contributed by atoms with van der Waals surface area (Å²) in [4.78, 5) is 65.6. The minimum atomic E-state index is -1.42. The van der Waals surface area contributed by atoms with Crippen LogP contribution in [0.1, 0.15) is 24.8 Å². The first kappa shape index (κ1) is 27.3. The number of carbonyl (C=O) groups excluding carboxylic acids is 2. The lowest BCUT2D eigenvalue weighted by Crippen LogP contribution is -2.36. The zero-order valence-corrected chi connectivity index (χ0v) is 18.7. The summed E-state index contributed by atoms with van der Waals surface area (Å²) in [5.74, 6) is -3.78. The van der Waals surface area contributed by atoms with Crippen LogP contribution in [0.3, 0.4) is 0 Å². The van der Waals surface area contributed by atoms with Crippen LogP contribution < -0.4 is 11.1 Å². The van der Waals surface area contributed by atoms with Gasteiger partial charge in [-0.2, -0.15) is 0 Å². The Hall–Kier alpha value is -4.96. The molecule has 0 spiro atoms. The van der Waals surface area contributed by atoms with Crippen LogP contribution in [0, 0.1) is 30.3 Å². The van der Waals surface area contributed by atoms with Gasteiger partial charge < -0.3 is 30.2 Å². The zero-order chi connectivity index (χ0) is 26.8. The van der Waals surface area contributed by atoms with Gasteiger partial charge in [-0.1, -0.05) is 18.2 Å². The van der Waals surface area contributed by atoms with Gasteiger partial charge in [0.25, 0.3) is 15.9 Å². The molecule has 1 atom stereocenters. The Morgan fingerprint density at radius 2 is 1.50 bits per heavy atom. The highest BCUT2D eigenvalue weighted by Crippen LogP contribution is 2.41. The second-order valence-electron chi connectivity index (χ2n) is 6.98. The van der Waals surface area contributed by atoms with Crippen LogP contribution in [0.5, 0.6) is 0 Å². The largest absolute Gasteiger partial charge is 0.462 e. The van der Waals surface area contributed by atoms with Gasteiger partial charge in [-0.15, -0.1) is 20.2 Å². The normalized spacial score (nSPS) is 15.0. The monoisotopic (exact) mass is 511 g/mol. The van der Waals surface area contributed by atoms with Gasteiger partial charge in [0.2, 0.25) is 0 Å². The van der Waals surface area contributed by atoms with E-state index < -0.39 is 51.9 Å². The summed E-state index contributed by atoms with van der Waals surface area (Å²) in [7, 11) is 0. The van der Waals surface area contributed by atoms with Crippen molar-refractivity contribution in [1.29, 1.82) is 0 Å². The number of benzene rings is 1. The quantitative estimate of drug-likeness (QED) is 0.160. The molecule has 1 unspecified atom stereocenters. The lowest BCUT2D eigenvalue weighted by molar-refractivity contribution is -0.757. The van der Waals surface area contributed by atoms with Crippen molar-refractivity contribution in [3.63, 3.8) is 0 Å². The van der Waals surface area contributed by atoms with Gasteiger partial charge >= 0.3 is 11.9 Å². The van der Waals surface area contributed by atoms with Crippen molar-refractivity contribution >= 4 is 17.6 Å². The SMILES string of the molecule is CC1=C(C(=O)OCCO[N+](=O)[O-])C(c2ccccc2[N+](=O)[O-])C(C(=O)OCCCO[N+](=O)[O-])=C(N)N1. The van der Waals surface area contributed by atoms with Crippen molar-refractivity contribution in [2.75, 3.05) is 26.4 Å². The van der Waals surface area contributed by atoms with E-state index in [-0.39, 0.29) is 47.9 Å². The summed E-state index contributed by atoms with van der Waals surface area (Å²) in [6.45, 7) is -0.379. The Morgan fingerprint density at radius 1 is 0.917 bits per heavy atom. The van der Waals surface area contributed by atoms with Crippen molar-refractivity contribution in [2.45, 2.75) is 19.3 Å². The number of nitro benzene ring substituents is 1. The van der Waals surface area contributed by atoms with E-state index in [1.807, 2.05) is 0 Å². The molecule has 0 aliphatic carbocycles. The first-order chi connectivity index (χ1) is 17.0. The maximum Gasteiger partial charge on any atom is 0.338 e. The first-order valence-electron chi connectivity index (χ1n) is 10.1. The number of dihydropyridines is 1. The van der Waals surface area contributed by atoms with Crippen LogP contribution in [-0.4, -0.2) is 53.5 Å². The topological polar surface area (TPSA) is 239 Å². The molecule has 2 rings (SSSR count). The van der Waals surface area contributed by atoms with Gasteiger partial charge in [-0.3, -0.25) is 10.1 Å². The fraction of sp³-hybridized carbons (Fsp3) is 0.368. The standard InChI is InChI=1S/C19H21N5O12/c1-11-14(18(25)34-9-10-36-24(31)32)15(12-5-2-3-6-13(12)22(27)28)16(17(20)21-11)19(26)33-7-4-8-35-23(29)30/h2-3,5-6,15,21H,4,7-10,20H2,1H3. The second-order valence-corrected chi connectivity index (χ2v) is 6.98. The molecule has 1 aliphatic rings. The van der Waals surface area contributed by atoms with Crippen molar-refractivity contribution in [2.24, 2.45) is 5.73 Å². The Morgan fingerprint density at radius 3 is 2.14 bits per heavy atom. The molecule has 0 aromatic heterocycles. The van der Waals surface area contributed by atoms with E-state index in [4.69, 9.17) is 15.2 Å². The minimum Gasteiger partial charge on any atom is -0.462 e. The molecule has 0 amide bonds. The van der Waals surface area contributed by atoms with Crippen LogP contribution in [0.25, 0.3) is 0 Å². The van der Waals surface area contributed by atoms with Crippen molar-refractivity contribution in [1.82, 2.24) is 5.32 Å². The van der Waals surface area contributed by atoms with Crippen LogP contribution in [-0.2, 0) is 28.7 Å². The lowest BCUT2D eigenvalue weighted by Gasteiger charge is -2.29. The highest BCUT2D eigenvalue weighted by Gasteiger charge is 2.41. The Balaban J connectivity index is 2.42. The van der Waals surface area contributed by atoms with Crippen LogP contribution in [0.2, 0.25) is 0 Å². The van der Waals surface area contributed by atoms with Gasteiger partial charge in [-0.25, -0.2) is 9.59 Å². The Kier molecular flexibility index (Phi) is 9.47. The molecule has 1 aliphatic heterocycles. The fourth-order valence-corrected chi connectivity index (χ4v) is 3.33. The van der Waals surface area contributed by atoms with Gasteiger partial charge in [0.05, 0.1) is 35.2 Å². The highest BCUT2D eigenvalue weighted by molar-refractivity contribution is 6.00. The number of hydrogen-bond donors (Lipinski definition) is 2. The summed E-state index contributed by atoms with van der Waals surface area (Å²) >= 11 is 0. The van der Waals surface area contributed by atoms with E-state index in [1.165, 1.54) is 25.1 Å². The van der Waals surface area contributed by atoms with E-state index in [0.29, 0.717) is 0 Å². The van der Waals surface area contributed by atoms with Gasteiger partial charge in [0.1, 0.15) is 19.0 Å². The molecule has 0 radical (unpaired) electrons. The van der Waals surface area contributed by atoms with E-state index in [2.05, 4.69) is 15.0 Å². The molecule has 36 heavy (non-hydrogen) atoms. The molecule has 0 saturated heterocycles. The summed E-state index contributed by atoms with van der Waals surface area (Å²) in [6.07, 6.45) is -0.0519. The molecule has 0 saturated carbocycles. The average Bonchev–Trinajstić information content (AvgIpc) is 2.80. The van der Waals surface area contributed by atoms with E-state index in [0.717, 1.165) is 6.07 Å². The van der Waals surface area contributed by atoms with Gasteiger partial charge in [0.15, 0.2) is 0 Å². The molecule has 17 heteroatoms. The van der Waals surface area contributed by atoms with Gasteiger partial charge in [0, 0.05) is 23.7 Å². The number of para-hydroxylation sites is 1. The number of nitro groups is 1. The molecule has 1 aromatic carbocycles. The molecule has 17 nitrogen and oxygen atoms in total. The Bertz CT molecular complexity index is 1120. The summed E-state index contributed by atoms with van der Waals surface area (Å²) < 4.78 is 10.1. The van der Waals surface area contributed by atoms with E-state index >= 15 is 0 Å². The number of carbonyl (C=O) groups is 2. The summed E-state index contributed by atoms with van der Waals surface area (Å²) in [6, 6.07) is 5.30. The molecule has 194 valence electrons. The predicted molar refractivity (Wildman–Crippen MR) is 115 cm³/mol. The van der Waals surface area contributed by atoms with E-state index in [1.54, 1.807) is 0 Å². The van der Waals surface area contributed by atoms with E-state index in [9.17, 15) is 39.9 Å². The number of rotatable bonds is 13. The molecular weight excluding hydrogens is 490 g/mol. The number of ether oxygens (including phenoxy) is 2. The highest BCUT2D eigenvalue weighted by atomic mass is 17.0. The third kappa shape index (κ3) is 7.02. The number of allylic oxidation sites excluding steroid dienone is 1. The second kappa shape index (κ2) is 12.5. The summed E-state index contributed by atoms with van der Waals surface area (Å²) in [5.41, 5.74) is 5.02. The van der Waals surface area contributed by atoms with Crippen LogP contribution >= 0.6 is 0 Å². The smallest absolute Gasteiger partial charge is 0.338 e. The number of hydrogen-bond acceptors (Lipinski definition) is 14. The van der Waals surface area contributed by atoms with Crippen molar-refractivity contribution in [3.05, 3.63) is 82.8 Å². The maximum absolute atomic E-state index is 13.0. The molecular formula is C19H21N5O12. The lowest BCUT2D eigenvalue weighted by atomic mass is 9.80. The number of esters is 2. The molecule has 1 heterocycles. The molecule has 1 aromatic rings. The predicted octanol–water partition coefficient (Wildman–Crippen LogP) is 0.619. The minimum absolute atomic E-state index is 0.0519.